The molecular weight excluding hydrogens is 256 g/mol. The number of nitrogens with two attached hydrogens (primary N) is 1. The number of hydrogen-bond donors (Lipinski definition) is 2. The first kappa shape index (κ1) is 11.9. The number of nitrogens with one attached hydrogen (secondary N) is 1. The van der Waals surface area contributed by atoms with Crippen LogP contribution in [0.15, 0.2) is 34.9 Å². The van der Waals surface area contributed by atoms with Gasteiger partial charge in [-0.2, -0.15) is 0 Å². The third-order valence-electron chi connectivity index (χ3n) is 1.85. The highest BCUT2D eigenvalue weighted by molar-refractivity contribution is 8.00. The summed E-state index contributed by atoms with van der Waals surface area (Å²) in [5.74, 6) is 0.203. The van der Waals surface area contributed by atoms with Crippen LogP contribution in [0.4, 0.5) is 10.8 Å². The first-order chi connectivity index (χ1) is 8.25. The fourth-order valence-electron chi connectivity index (χ4n) is 1.11. The van der Waals surface area contributed by atoms with Crippen molar-refractivity contribution in [2.45, 2.75) is 4.90 Å². The predicted octanol–water partition coefficient (Wildman–Crippen LogP) is 1.85. The predicted molar refractivity (Wildman–Crippen MR) is 70.1 cm³/mol. The molecule has 0 aromatic carbocycles. The Hall–Kier alpha value is -1.60. The second-order valence-electron chi connectivity index (χ2n) is 3.09. The van der Waals surface area contributed by atoms with Crippen molar-refractivity contribution in [1.29, 1.82) is 0 Å². The van der Waals surface area contributed by atoms with Gasteiger partial charge in [0.25, 0.3) is 0 Å². The Morgan fingerprint density at radius 3 is 3.12 bits per heavy atom. The molecule has 1 amide bonds. The Morgan fingerprint density at radius 2 is 2.41 bits per heavy atom. The Morgan fingerprint density at radius 1 is 1.53 bits per heavy atom. The van der Waals surface area contributed by atoms with Gasteiger partial charge in [0, 0.05) is 22.7 Å². The minimum atomic E-state index is -0.0961. The van der Waals surface area contributed by atoms with Gasteiger partial charge in [0.1, 0.15) is 0 Å². The first-order valence-electron chi connectivity index (χ1n) is 4.77. The quantitative estimate of drug-likeness (QED) is 0.825. The van der Waals surface area contributed by atoms with E-state index in [2.05, 4.69) is 15.3 Å². The lowest BCUT2D eigenvalue weighted by Crippen LogP contribution is -2.13. The summed E-state index contributed by atoms with van der Waals surface area (Å²) in [7, 11) is 0. The highest BCUT2D eigenvalue weighted by atomic mass is 32.2. The van der Waals surface area contributed by atoms with Crippen molar-refractivity contribution in [2.24, 2.45) is 0 Å². The molecule has 0 unspecified atom stereocenters. The van der Waals surface area contributed by atoms with E-state index in [9.17, 15) is 4.79 Å². The van der Waals surface area contributed by atoms with Crippen molar-refractivity contribution in [3.63, 3.8) is 0 Å². The average molecular weight is 266 g/mol. The fourth-order valence-corrected chi connectivity index (χ4v) is 2.39. The topological polar surface area (TPSA) is 80.9 Å². The molecule has 17 heavy (non-hydrogen) atoms. The van der Waals surface area contributed by atoms with E-state index < -0.39 is 0 Å². The number of carbonyl (C=O) groups excluding carboxylic acids is 1. The van der Waals surface area contributed by atoms with Gasteiger partial charge in [-0.3, -0.25) is 9.78 Å². The van der Waals surface area contributed by atoms with Crippen molar-refractivity contribution >= 4 is 39.8 Å². The maximum Gasteiger partial charge on any atom is 0.236 e. The number of thioether (sulfide) groups is 1. The minimum absolute atomic E-state index is 0.0961. The number of amides is 1. The number of nitrogens with zero attached hydrogens (tertiary/aromatic N) is 2. The summed E-state index contributed by atoms with van der Waals surface area (Å²) in [4.78, 5) is 20.3. The molecule has 0 fully saturated rings. The van der Waals surface area contributed by atoms with Crippen LogP contribution in [0.3, 0.4) is 0 Å². The zero-order valence-corrected chi connectivity index (χ0v) is 10.4. The van der Waals surface area contributed by atoms with Gasteiger partial charge >= 0.3 is 0 Å². The van der Waals surface area contributed by atoms with Gasteiger partial charge in [-0.05, 0) is 6.07 Å². The van der Waals surface area contributed by atoms with E-state index >= 15 is 0 Å². The minimum Gasteiger partial charge on any atom is -0.397 e. The van der Waals surface area contributed by atoms with Gasteiger partial charge in [0.15, 0.2) is 5.13 Å². The highest BCUT2D eigenvalue weighted by Crippen LogP contribution is 2.23. The summed E-state index contributed by atoms with van der Waals surface area (Å²) in [5, 5.41) is 5.12. The van der Waals surface area contributed by atoms with Crippen molar-refractivity contribution in [1.82, 2.24) is 9.97 Å². The van der Waals surface area contributed by atoms with E-state index in [1.807, 2.05) is 5.38 Å². The van der Waals surface area contributed by atoms with Gasteiger partial charge in [0.05, 0.1) is 17.6 Å². The lowest BCUT2D eigenvalue weighted by atomic mass is 10.4. The van der Waals surface area contributed by atoms with Crippen molar-refractivity contribution in [3.05, 3.63) is 30.0 Å². The summed E-state index contributed by atoms with van der Waals surface area (Å²) in [6, 6.07) is 1.79. The van der Waals surface area contributed by atoms with Gasteiger partial charge in [0.2, 0.25) is 5.91 Å². The number of thiazole rings is 1. The van der Waals surface area contributed by atoms with Crippen LogP contribution in [0.5, 0.6) is 0 Å². The highest BCUT2D eigenvalue weighted by Gasteiger charge is 2.06. The molecule has 0 atom stereocenters. The fraction of sp³-hybridized carbons (Fsp3) is 0.100. The van der Waals surface area contributed by atoms with Gasteiger partial charge in [-0.1, -0.05) is 0 Å². The zero-order chi connectivity index (χ0) is 12.1. The van der Waals surface area contributed by atoms with Gasteiger partial charge in [-0.25, -0.2) is 4.98 Å². The zero-order valence-electron chi connectivity index (χ0n) is 8.79. The van der Waals surface area contributed by atoms with Crippen molar-refractivity contribution in [2.75, 3.05) is 16.8 Å². The summed E-state index contributed by atoms with van der Waals surface area (Å²) in [6.07, 6.45) is 4.87. The van der Waals surface area contributed by atoms with Crippen LogP contribution in [0.1, 0.15) is 0 Å². The normalized spacial score (nSPS) is 10.1. The lowest BCUT2D eigenvalue weighted by Gasteiger charge is -2.04. The number of anilines is 2. The summed E-state index contributed by atoms with van der Waals surface area (Å²) >= 11 is 2.77. The van der Waals surface area contributed by atoms with E-state index in [0.717, 1.165) is 4.90 Å². The van der Waals surface area contributed by atoms with E-state index in [1.165, 1.54) is 23.1 Å². The second-order valence-corrected chi connectivity index (χ2v) is 5.00. The standard InChI is InChI=1S/C10H10N4OS2/c11-7-5-12-2-1-8(7)17-6-9(15)14-10-13-3-4-16-10/h1-5H,6,11H2,(H,13,14,15). The second kappa shape index (κ2) is 5.65. The molecule has 5 nitrogen and oxygen atoms in total. The molecule has 2 aromatic rings. The number of hydrogen-bond acceptors (Lipinski definition) is 6. The van der Waals surface area contributed by atoms with E-state index in [0.29, 0.717) is 16.6 Å². The van der Waals surface area contributed by atoms with Crippen molar-refractivity contribution in [3.8, 4) is 0 Å². The third kappa shape index (κ3) is 3.43. The molecule has 2 aromatic heterocycles. The van der Waals surface area contributed by atoms with E-state index in [1.54, 1.807) is 24.7 Å². The molecule has 2 rings (SSSR count). The average Bonchev–Trinajstić information content (AvgIpc) is 2.81. The van der Waals surface area contributed by atoms with Crippen LogP contribution in [-0.4, -0.2) is 21.6 Å². The van der Waals surface area contributed by atoms with E-state index in [-0.39, 0.29) is 5.91 Å². The summed E-state index contributed by atoms with van der Waals surface area (Å²) in [6.45, 7) is 0. The van der Waals surface area contributed by atoms with Crippen LogP contribution >= 0.6 is 23.1 Å². The van der Waals surface area contributed by atoms with Gasteiger partial charge < -0.3 is 11.1 Å². The maximum atomic E-state index is 11.6. The molecule has 0 spiro atoms. The van der Waals surface area contributed by atoms with Crippen molar-refractivity contribution < 1.29 is 4.79 Å². The molecule has 0 bridgehead atoms. The van der Waals surface area contributed by atoms with Crippen LogP contribution in [0, 0.1) is 0 Å². The molecule has 0 saturated heterocycles. The van der Waals surface area contributed by atoms with Crippen LogP contribution in [0.2, 0.25) is 0 Å². The lowest BCUT2D eigenvalue weighted by molar-refractivity contribution is -0.113. The smallest absolute Gasteiger partial charge is 0.236 e. The van der Waals surface area contributed by atoms with Crippen LogP contribution in [-0.2, 0) is 4.79 Å². The molecular formula is C10H10N4OS2. The number of rotatable bonds is 4. The number of carbonyl (C=O) groups is 1. The molecule has 0 aliphatic heterocycles. The molecule has 88 valence electrons. The first-order valence-corrected chi connectivity index (χ1v) is 6.64. The van der Waals surface area contributed by atoms with E-state index in [4.69, 9.17) is 5.73 Å². The Labute approximate surface area is 106 Å². The Bertz CT molecular complexity index is 501. The third-order valence-corrected chi connectivity index (χ3v) is 3.63. The Balaban J connectivity index is 1.86. The van der Waals surface area contributed by atoms with Crippen LogP contribution in [0.25, 0.3) is 0 Å². The summed E-state index contributed by atoms with van der Waals surface area (Å²) in [5.41, 5.74) is 6.30. The molecule has 3 N–H and O–H groups in total. The number of aromatic nitrogens is 2. The van der Waals surface area contributed by atoms with Gasteiger partial charge in [-0.15, -0.1) is 23.1 Å². The maximum absolute atomic E-state index is 11.6. The number of nitrogen functional groups attached to an aromatic ring is 1. The molecule has 0 aliphatic carbocycles. The largest absolute Gasteiger partial charge is 0.397 e. The molecule has 0 saturated carbocycles. The summed E-state index contributed by atoms with van der Waals surface area (Å²) < 4.78 is 0. The Kier molecular flexibility index (Phi) is 3.94. The molecule has 2 heterocycles. The molecule has 0 aliphatic rings. The SMILES string of the molecule is Nc1cnccc1SCC(=O)Nc1nccs1. The molecule has 0 radical (unpaired) electrons. The number of pyridine rings is 1. The van der Waals surface area contributed by atoms with Crippen LogP contribution < -0.4 is 11.1 Å². The molecule has 7 heteroatoms. The monoisotopic (exact) mass is 266 g/mol.